The number of thioether (sulfide) groups is 1. The molecule has 0 saturated carbocycles. The summed E-state index contributed by atoms with van der Waals surface area (Å²) in [5, 5.41) is 3.07. The highest BCUT2D eigenvalue weighted by Gasteiger charge is 2.24. The van der Waals surface area contributed by atoms with E-state index in [0.717, 1.165) is 49.4 Å². The summed E-state index contributed by atoms with van der Waals surface area (Å²) >= 11 is 1.89. The van der Waals surface area contributed by atoms with Crippen molar-refractivity contribution in [2.24, 2.45) is 0 Å². The Morgan fingerprint density at radius 1 is 1.32 bits per heavy atom. The van der Waals surface area contributed by atoms with Crippen LogP contribution in [0.3, 0.4) is 0 Å². The third-order valence-corrected chi connectivity index (χ3v) is 5.10. The third-order valence-electron chi connectivity index (χ3n) is 4.05. The van der Waals surface area contributed by atoms with Gasteiger partial charge in [0.05, 0.1) is 12.6 Å². The van der Waals surface area contributed by atoms with Gasteiger partial charge in [0.25, 0.3) is 0 Å². The molecule has 0 radical (unpaired) electrons. The molecule has 1 unspecified atom stereocenters. The van der Waals surface area contributed by atoms with Crippen LogP contribution in [0.15, 0.2) is 18.2 Å². The molecule has 6 heteroatoms. The molecule has 3 rings (SSSR count). The first-order valence-corrected chi connectivity index (χ1v) is 8.95. The van der Waals surface area contributed by atoms with Gasteiger partial charge < -0.3 is 15.0 Å². The van der Waals surface area contributed by atoms with Crippen molar-refractivity contribution < 1.29 is 13.9 Å². The number of fused-ring (bicyclic) bond motifs is 1. The van der Waals surface area contributed by atoms with E-state index in [0.29, 0.717) is 12.4 Å². The highest BCUT2D eigenvalue weighted by Crippen LogP contribution is 2.32. The maximum absolute atomic E-state index is 13.6. The highest BCUT2D eigenvalue weighted by atomic mass is 32.2. The predicted octanol–water partition coefficient (Wildman–Crippen LogP) is 3.19. The lowest BCUT2D eigenvalue weighted by Crippen LogP contribution is -2.42. The molecule has 1 atom stereocenters. The molecule has 1 N–H and O–H groups in total. The van der Waals surface area contributed by atoms with Gasteiger partial charge in [-0.3, -0.25) is 0 Å². The van der Waals surface area contributed by atoms with Crippen LogP contribution in [0.2, 0.25) is 0 Å². The number of amides is 2. The summed E-state index contributed by atoms with van der Waals surface area (Å²) in [6, 6.07) is 4.29. The average molecular weight is 324 g/mol. The van der Waals surface area contributed by atoms with Crippen molar-refractivity contribution in [3.05, 3.63) is 29.6 Å². The monoisotopic (exact) mass is 324 g/mol. The standard InChI is InChI=1S/C16H21FN2O2S/c17-12-4-5-15-13(11-12)14(3-1-8-21-15)18-16(20)19-6-2-9-22-10-7-19/h4-5,11,14H,1-3,6-10H2,(H,18,20). The normalized spacial score (nSPS) is 22.0. The van der Waals surface area contributed by atoms with E-state index in [2.05, 4.69) is 5.32 Å². The Morgan fingerprint density at radius 2 is 2.23 bits per heavy atom. The van der Waals surface area contributed by atoms with Crippen molar-refractivity contribution in [1.29, 1.82) is 0 Å². The zero-order chi connectivity index (χ0) is 15.4. The number of nitrogens with one attached hydrogen (secondary N) is 1. The number of rotatable bonds is 1. The molecule has 2 aliphatic heterocycles. The maximum Gasteiger partial charge on any atom is 0.317 e. The zero-order valence-corrected chi connectivity index (χ0v) is 13.3. The Labute approximate surface area is 134 Å². The van der Waals surface area contributed by atoms with Crippen molar-refractivity contribution in [3.63, 3.8) is 0 Å². The average Bonchev–Trinajstić information content (AvgIpc) is 2.89. The maximum atomic E-state index is 13.6. The third kappa shape index (κ3) is 3.66. The molecule has 2 amide bonds. The predicted molar refractivity (Wildman–Crippen MR) is 85.9 cm³/mol. The summed E-state index contributed by atoms with van der Waals surface area (Å²) in [7, 11) is 0. The summed E-state index contributed by atoms with van der Waals surface area (Å²) in [6.45, 7) is 2.17. The Kier molecular flexibility index (Phi) is 5.08. The second-order valence-electron chi connectivity index (χ2n) is 5.63. The molecule has 2 heterocycles. The zero-order valence-electron chi connectivity index (χ0n) is 12.5. The molecule has 1 aromatic rings. The fourth-order valence-electron chi connectivity index (χ4n) is 2.89. The van der Waals surface area contributed by atoms with Crippen molar-refractivity contribution in [2.45, 2.75) is 25.3 Å². The molecule has 120 valence electrons. The molecule has 22 heavy (non-hydrogen) atoms. The van der Waals surface area contributed by atoms with Crippen LogP contribution in [-0.2, 0) is 0 Å². The van der Waals surface area contributed by atoms with E-state index in [9.17, 15) is 9.18 Å². The molecular formula is C16H21FN2O2S. The van der Waals surface area contributed by atoms with Crippen molar-refractivity contribution in [1.82, 2.24) is 10.2 Å². The fraction of sp³-hybridized carbons (Fsp3) is 0.562. The number of nitrogens with zero attached hydrogens (tertiary/aromatic N) is 1. The van der Waals surface area contributed by atoms with E-state index in [1.807, 2.05) is 16.7 Å². The van der Waals surface area contributed by atoms with Gasteiger partial charge in [-0.05, 0) is 43.2 Å². The Hall–Kier alpha value is -1.43. The quantitative estimate of drug-likeness (QED) is 0.862. The number of carbonyl (C=O) groups is 1. The Morgan fingerprint density at radius 3 is 3.14 bits per heavy atom. The van der Waals surface area contributed by atoms with Gasteiger partial charge in [-0.1, -0.05) is 0 Å². The van der Waals surface area contributed by atoms with E-state index in [4.69, 9.17) is 4.74 Å². The minimum absolute atomic E-state index is 0.0513. The number of benzene rings is 1. The van der Waals surface area contributed by atoms with Gasteiger partial charge in [-0.25, -0.2) is 9.18 Å². The van der Waals surface area contributed by atoms with Crippen LogP contribution in [0, 0.1) is 5.82 Å². The van der Waals surface area contributed by atoms with Gasteiger partial charge >= 0.3 is 6.03 Å². The van der Waals surface area contributed by atoms with Crippen LogP contribution in [0.4, 0.5) is 9.18 Å². The van der Waals surface area contributed by atoms with E-state index >= 15 is 0 Å². The van der Waals surface area contributed by atoms with Gasteiger partial charge in [-0.15, -0.1) is 0 Å². The number of hydrogen-bond acceptors (Lipinski definition) is 3. The second kappa shape index (κ2) is 7.22. The highest BCUT2D eigenvalue weighted by molar-refractivity contribution is 7.99. The summed E-state index contributed by atoms with van der Waals surface area (Å²) in [6.07, 6.45) is 2.64. The molecule has 0 aliphatic carbocycles. The molecule has 1 aromatic carbocycles. The van der Waals surface area contributed by atoms with Crippen LogP contribution >= 0.6 is 11.8 Å². The first kappa shape index (κ1) is 15.5. The number of ether oxygens (including phenoxy) is 1. The van der Waals surface area contributed by atoms with Crippen LogP contribution < -0.4 is 10.1 Å². The molecule has 0 bridgehead atoms. The summed E-state index contributed by atoms with van der Waals surface area (Å²) in [5.74, 6) is 2.46. The van der Waals surface area contributed by atoms with Crippen LogP contribution in [-0.4, -0.2) is 42.1 Å². The van der Waals surface area contributed by atoms with E-state index in [1.165, 1.54) is 12.1 Å². The Balaban J connectivity index is 1.74. The van der Waals surface area contributed by atoms with Gasteiger partial charge in [0.1, 0.15) is 11.6 Å². The van der Waals surface area contributed by atoms with Crippen molar-refractivity contribution in [2.75, 3.05) is 31.2 Å². The van der Waals surface area contributed by atoms with E-state index in [1.54, 1.807) is 6.07 Å². The number of halogens is 1. The van der Waals surface area contributed by atoms with Crippen LogP contribution in [0.25, 0.3) is 0 Å². The van der Waals surface area contributed by atoms with Gasteiger partial charge in [0.2, 0.25) is 0 Å². The van der Waals surface area contributed by atoms with Gasteiger partial charge in [-0.2, -0.15) is 11.8 Å². The summed E-state index contributed by atoms with van der Waals surface area (Å²) in [4.78, 5) is 14.4. The van der Waals surface area contributed by atoms with Crippen molar-refractivity contribution in [3.8, 4) is 5.75 Å². The van der Waals surface area contributed by atoms with Crippen LogP contribution in [0.1, 0.15) is 30.9 Å². The number of carbonyl (C=O) groups excluding carboxylic acids is 1. The fourth-order valence-corrected chi connectivity index (χ4v) is 3.77. The minimum atomic E-state index is -0.297. The SMILES string of the molecule is O=C(NC1CCCOc2ccc(F)cc21)N1CCCSCC1. The molecule has 4 nitrogen and oxygen atoms in total. The van der Waals surface area contributed by atoms with Gasteiger partial charge in [0, 0.05) is 24.4 Å². The molecule has 1 fully saturated rings. The van der Waals surface area contributed by atoms with Gasteiger partial charge in [0.15, 0.2) is 0 Å². The molecule has 1 saturated heterocycles. The van der Waals surface area contributed by atoms with Crippen LogP contribution in [0.5, 0.6) is 5.75 Å². The summed E-state index contributed by atoms with van der Waals surface area (Å²) < 4.78 is 19.2. The lowest BCUT2D eigenvalue weighted by atomic mass is 10.0. The molecule has 0 spiro atoms. The molecule has 2 aliphatic rings. The minimum Gasteiger partial charge on any atom is -0.493 e. The smallest absolute Gasteiger partial charge is 0.317 e. The number of hydrogen-bond donors (Lipinski definition) is 1. The first-order chi connectivity index (χ1) is 10.7. The largest absolute Gasteiger partial charge is 0.493 e. The number of urea groups is 1. The van der Waals surface area contributed by atoms with E-state index < -0.39 is 0 Å². The van der Waals surface area contributed by atoms with Crippen molar-refractivity contribution >= 4 is 17.8 Å². The van der Waals surface area contributed by atoms with E-state index in [-0.39, 0.29) is 17.9 Å². The topological polar surface area (TPSA) is 41.6 Å². The lowest BCUT2D eigenvalue weighted by Gasteiger charge is -2.25. The lowest BCUT2D eigenvalue weighted by molar-refractivity contribution is 0.197. The molecular weight excluding hydrogens is 303 g/mol. The summed E-state index contributed by atoms with van der Waals surface area (Å²) in [5.41, 5.74) is 0.745. The first-order valence-electron chi connectivity index (χ1n) is 7.79. The Bertz CT molecular complexity index is 533. The molecule has 0 aromatic heterocycles. The second-order valence-corrected chi connectivity index (χ2v) is 6.85.